The highest BCUT2D eigenvalue weighted by molar-refractivity contribution is 6.30. The summed E-state index contributed by atoms with van der Waals surface area (Å²) in [6, 6.07) is 6.95. The second-order valence-corrected chi connectivity index (χ2v) is 4.32. The average molecular weight is 285 g/mol. The van der Waals surface area contributed by atoms with Crippen LogP contribution in [-0.2, 0) is 9.59 Å². The minimum atomic E-state index is -0.112. The molecule has 5 nitrogen and oxygen atoms in total. The summed E-state index contributed by atoms with van der Waals surface area (Å²) in [6.07, 6.45) is 0.267. The Hall–Kier alpha value is -1.75. The quantitative estimate of drug-likeness (QED) is 0.743. The molecule has 0 aromatic heterocycles. The molecule has 1 aromatic carbocycles. The number of benzene rings is 1. The van der Waals surface area contributed by atoms with Crippen molar-refractivity contribution in [2.75, 3.05) is 19.7 Å². The van der Waals surface area contributed by atoms with Crippen LogP contribution in [0.2, 0.25) is 5.02 Å². The minimum Gasteiger partial charge on any atom is -0.493 e. The Labute approximate surface area is 117 Å². The molecule has 0 bridgehead atoms. The molecule has 0 aliphatic carbocycles. The SMILES string of the molecule is CC(=O)NCCNC(=O)CCOc1ccc(Cl)cc1. The molecule has 1 aromatic rings. The maximum absolute atomic E-state index is 11.4. The van der Waals surface area contributed by atoms with Gasteiger partial charge in [-0.2, -0.15) is 0 Å². The van der Waals surface area contributed by atoms with Crippen molar-refractivity contribution in [1.29, 1.82) is 0 Å². The van der Waals surface area contributed by atoms with Crippen LogP contribution in [0.4, 0.5) is 0 Å². The molecule has 0 spiro atoms. The fourth-order valence-electron chi connectivity index (χ4n) is 1.32. The topological polar surface area (TPSA) is 67.4 Å². The summed E-state index contributed by atoms with van der Waals surface area (Å²) in [6.45, 7) is 2.58. The van der Waals surface area contributed by atoms with Crippen molar-refractivity contribution < 1.29 is 14.3 Å². The van der Waals surface area contributed by atoms with E-state index in [4.69, 9.17) is 16.3 Å². The predicted octanol–water partition coefficient (Wildman–Crippen LogP) is 1.36. The summed E-state index contributed by atoms with van der Waals surface area (Å²) in [5, 5.41) is 5.91. The summed E-state index contributed by atoms with van der Waals surface area (Å²) in [4.78, 5) is 22.0. The van der Waals surface area contributed by atoms with Gasteiger partial charge in [0.15, 0.2) is 0 Å². The van der Waals surface area contributed by atoms with Gasteiger partial charge in [0.05, 0.1) is 13.0 Å². The molecule has 6 heteroatoms. The van der Waals surface area contributed by atoms with Gasteiger partial charge in [0.1, 0.15) is 5.75 Å². The first-order chi connectivity index (χ1) is 9.08. The van der Waals surface area contributed by atoms with Crippen molar-refractivity contribution >= 4 is 23.4 Å². The van der Waals surface area contributed by atoms with Gasteiger partial charge in [-0.3, -0.25) is 9.59 Å². The lowest BCUT2D eigenvalue weighted by molar-refractivity contribution is -0.122. The van der Waals surface area contributed by atoms with E-state index in [1.165, 1.54) is 6.92 Å². The number of carbonyl (C=O) groups is 2. The van der Waals surface area contributed by atoms with E-state index in [1.807, 2.05) is 0 Å². The van der Waals surface area contributed by atoms with Crippen LogP contribution in [-0.4, -0.2) is 31.5 Å². The second-order valence-electron chi connectivity index (χ2n) is 3.89. The van der Waals surface area contributed by atoms with E-state index in [0.29, 0.717) is 30.5 Å². The van der Waals surface area contributed by atoms with Crippen molar-refractivity contribution in [3.05, 3.63) is 29.3 Å². The Morgan fingerprint density at radius 3 is 2.42 bits per heavy atom. The Kier molecular flexibility index (Phi) is 6.74. The van der Waals surface area contributed by atoms with E-state index < -0.39 is 0 Å². The summed E-state index contributed by atoms with van der Waals surface area (Å²) < 4.78 is 5.39. The minimum absolute atomic E-state index is 0.111. The van der Waals surface area contributed by atoms with Crippen molar-refractivity contribution in [2.24, 2.45) is 0 Å². The molecule has 0 fully saturated rings. The zero-order valence-electron chi connectivity index (χ0n) is 10.7. The second kappa shape index (κ2) is 8.37. The average Bonchev–Trinajstić information content (AvgIpc) is 2.37. The lowest BCUT2D eigenvalue weighted by Crippen LogP contribution is -2.34. The molecule has 2 N–H and O–H groups in total. The van der Waals surface area contributed by atoms with Crippen molar-refractivity contribution in [2.45, 2.75) is 13.3 Å². The van der Waals surface area contributed by atoms with Crippen LogP contribution in [0.5, 0.6) is 5.75 Å². The van der Waals surface area contributed by atoms with Crippen LogP contribution in [0.25, 0.3) is 0 Å². The van der Waals surface area contributed by atoms with Gasteiger partial charge in [-0.05, 0) is 24.3 Å². The highest BCUT2D eigenvalue weighted by Gasteiger charge is 2.01. The van der Waals surface area contributed by atoms with Crippen molar-refractivity contribution in [3.63, 3.8) is 0 Å². The largest absolute Gasteiger partial charge is 0.493 e. The van der Waals surface area contributed by atoms with Crippen molar-refractivity contribution in [1.82, 2.24) is 10.6 Å². The van der Waals surface area contributed by atoms with Gasteiger partial charge in [-0.1, -0.05) is 11.6 Å². The number of hydrogen-bond donors (Lipinski definition) is 2. The van der Waals surface area contributed by atoms with E-state index in [1.54, 1.807) is 24.3 Å². The molecule has 0 unspecified atom stereocenters. The number of carbonyl (C=O) groups excluding carboxylic acids is 2. The summed E-state index contributed by atoms with van der Waals surface area (Å²) >= 11 is 5.74. The highest BCUT2D eigenvalue weighted by Crippen LogP contribution is 2.15. The number of ether oxygens (including phenoxy) is 1. The molecule has 0 saturated heterocycles. The molecule has 0 aliphatic rings. The van der Waals surface area contributed by atoms with Gasteiger partial charge >= 0.3 is 0 Å². The fourth-order valence-corrected chi connectivity index (χ4v) is 1.45. The zero-order chi connectivity index (χ0) is 14.1. The number of nitrogens with one attached hydrogen (secondary N) is 2. The molecule has 19 heavy (non-hydrogen) atoms. The maximum atomic E-state index is 11.4. The van der Waals surface area contributed by atoms with Crippen LogP contribution < -0.4 is 15.4 Å². The van der Waals surface area contributed by atoms with Gasteiger partial charge in [0, 0.05) is 25.0 Å². The molecule has 0 saturated carbocycles. The van der Waals surface area contributed by atoms with Crippen LogP contribution in [0.3, 0.4) is 0 Å². The number of amides is 2. The molecule has 0 aliphatic heterocycles. The molecule has 104 valence electrons. The van der Waals surface area contributed by atoms with E-state index in [0.717, 1.165) is 0 Å². The van der Waals surface area contributed by atoms with Gasteiger partial charge in [-0.15, -0.1) is 0 Å². The molecular formula is C13H17ClN2O3. The standard InChI is InChI=1S/C13H17ClN2O3/c1-10(17)15-7-8-16-13(18)6-9-19-12-4-2-11(14)3-5-12/h2-5H,6-9H2,1H3,(H,15,17)(H,16,18). The summed E-state index contributed by atoms with van der Waals surface area (Å²) in [7, 11) is 0. The number of halogens is 1. The molecular weight excluding hydrogens is 268 g/mol. The first-order valence-corrected chi connectivity index (χ1v) is 6.35. The van der Waals surface area contributed by atoms with Gasteiger partial charge < -0.3 is 15.4 Å². The molecule has 2 amide bonds. The van der Waals surface area contributed by atoms with E-state index in [-0.39, 0.29) is 18.2 Å². The van der Waals surface area contributed by atoms with Crippen LogP contribution in [0.15, 0.2) is 24.3 Å². The lowest BCUT2D eigenvalue weighted by Gasteiger charge is -2.07. The Morgan fingerprint density at radius 1 is 1.16 bits per heavy atom. The Balaban J connectivity index is 2.10. The molecule has 1 rings (SSSR count). The lowest BCUT2D eigenvalue weighted by atomic mass is 10.3. The third-order valence-corrected chi connectivity index (χ3v) is 2.48. The Bertz CT molecular complexity index is 420. The number of rotatable bonds is 7. The molecule has 0 atom stereocenters. The summed E-state index contributed by atoms with van der Waals surface area (Å²) in [5.74, 6) is 0.454. The third-order valence-electron chi connectivity index (χ3n) is 2.23. The highest BCUT2D eigenvalue weighted by atomic mass is 35.5. The van der Waals surface area contributed by atoms with E-state index in [2.05, 4.69) is 10.6 Å². The van der Waals surface area contributed by atoms with Crippen LogP contribution >= 0.6 is 11.6 Å². The zero-order valence-corrected chi connectivity index (χ0v) is 11.5. The van der Waals surface area contributed by atoms with Crippen LogP contribution in [0, 0.1) is 0 Å². The Morgan fingerprint density at radius 2 is 1.79 bits per heavy atom. The maximum Gasteiger partial charge on any atom is 0.223 e. The normalized spacial score (nSPS) is 9.79. The fraction of sp³-hybridized carbons (Fsp3) is 0.385. The van der Waals surface area contributed by atoms with Crippen molar-refractivity contribution in [3.8, 4) is 5.75 Å². The molecule has 0 heterocycles. The predicted molar refractivity (Wildman–Crippen MR) is 73.3 cm³/mol. The van der Waals surface area contributed by atoms with Gasteiger partial charge in [-0.25, -0.2) is 0 Å². The van der Waals surface area contributed by atoms with Crippen LogP contribution in [0.1, 0.15) is 13.3 Å². The van der Waals surface area contributed by atoms with E-state index >= 15 is 0 Å². The van der Waals surface area contributed by atoms with Gasteiger partial charge in [0.25, 0.3) is 0 Å². The number of hydrogen-bond acceptors (Lipinski definition) is 3. The first-order valence-electron chi connectivity index (χ1n) is 5.97. The first kappa shape index (κ1) is 15.3. The molecule has 0 radical (unpaired) electrons. The summed E-state index contributed by atoms with van der Waals surface area (Å²) in [5.41, 5.74) is 0. The van der Waals surface area contributed by atoms with E-state index in [9.17, 15) is 9.59 Å². The third kappa shape index (κ3) is 7.31. The monoisotopic (exact) mass is 284 g/mol. The van der Waals surface area contributed by atoms with Gasteiger partial charge in [0.2, 0.25) is 11.8 Å². The smallest absolute Gasteiger partial charge is 0.223 e.